The lowest BCUT2D eigenvalue weighted by molar-refractivity contribution is 0.0507. The highest BCUT2D eigenvalue weighted by Gasteiger charge is 2.17. The topological polar surface area (TPSA) is 123 Å². The molecule has 2 aromatic rings. The van der Waals surface area contributed by atoms with Gasteiger partial charge in [0.2, 0.25) is 0 Å². The monoisotopic (exact) mass is 424 g/mol. The fraction of sp³-hybridized carbons (Fsp3) is 0.684. The zero-order valence-corrected chi connectivity index (χ0v) is 18.8. The third-order valence-electron chi connectivity index (χ3n) is 3.61. The summed E-state index contributed by atoms with van der Waals surface area (Å²) < 4.78 is 14.6. The van der Waals surface area contributed by atoms with Crippen LogP contribution in [0.25, 0.3) is 0 Å². The largest absolute Gasteiger partial charge is 0.461 e. The minimum absolute atomic E-state index is 0.271. The molecule has 2 rings (SSSR count). The summed E-state index contributed by atoms with van der Waals surface area (Å²) in [5.41, 5.74) is 1.78. The van der Waals surface area contributed by atoms with E-state index in [1.807, 2.05) is 0 Å². The normalized spacial score (nSPS) is 10.5. The Hall–Kier alpha value is -2.82. The summed E-state index contributed by atoms with van der Waals surface area (Å²) in [4.78, 5) is 25.8. The smallest absolute Gasteiger partial charge is 0.360 e. The van der Waals surface area contributed by atoms with Gasteiger partial charge < -0.3 is 14.2 Å². The molecule has 168 valence electrons. The van der Waals surface area contributed by atoms with Crippen molar-refractivity contribution in [2.75, 3.05) is 26.9 Å². The Morgan fingerprint density at radius 2 is 1.33 bits per heavy atom. The van der Waals surface area contributed by atoms with Crippen molar-refractivity contribution in [1.82, 2.24) is 30.0 Å². The zero-order chi connectivity index (χ0) is 22.7. The Morgan fingerprint density at radius 3 is 1.77 bits per heavy atom. The second kappa shape index (κ2) is 12.7. The fourth-order valence-electron chi connectivity index (χ4n) is 2.32. The maximum atomic E-state index is 11.4. The minimum atomic E-state index is -0.432. The molecule has 0 unspecified atom stereocenters. The van der Waals surface area contributed by atoms with Crippen molar-refractivity contribution in [3.05, 3.63) is 22.8 Å². The van der Waals surface area contributed by atoms with Crippen LogP contribution in [0.3, 0.4) is 0 Å². The lowest BCUT2D eigenvalue weighted by Gasteiger charge is -2.01. The van der Waals surface area contributed by atoms with Crippen LogP contribution in [0.15, 0.2) is 0 Å². The highest BCUT2D eigenvalue weighted by atomic mass is 16.5. The number of rotatable bonds is 9. The Morgan fingerprint density at radius 1 is 0.867 bits per heavy atom. The SMILES string of the molecule is CCOC(=O)c1nn(CC(C)C)nc1C.CCOC(=O)c1nn(CCOC)nc1C. The van der Waals surface area contributed by atoms with E-state index in [1.165, 1.54) is 4.80 Å². The quantitative estimate of drug-likeness (QED) is 0.554. The number of ether oxygens (including phenoxy) is 3. The van der Waals surface area contributed by atoms with E-state index in [1.54, 1.807) is 39.6 Å². The molecule has 0 fully saturated rings. The van der Waals surface area contributed by atoms with Gasteiger partial charge in [0.25, 0.3) is 0 Å². The van der Waals surface area contributed by atoms with Crippen molar-refractivity contribution in [2.24, 2.45) is 5.92 Å². The first kappa shape index (κ1) is 25.2. The van der Waals surface area contributed by atoms with Crippen LogP contribution in [0.5, 0.6) is 0 Å². The number of hydrogen-bond acceptors (Lipinski definition) is 9. The van der Waals surface area contributed by atoms with Crippen LogP contribution in [0.4, 0.5) is 0 Å². The van der Waals surface area contributed by atoms with Crippen LogP contribution >= 0.6 is 0 Å². The summed E-state index contributed by atoms with van der Waals surface area (Å²) in [6.07, 6.45) is 0. The van der Waals surface area contributed by atoms with Gasteiger partial charge in [-0.1, -0.05) is 13.8 Å². The van der Waals surface area contributed by atoms with Gasteiger partial charge in [-0.2, -0.15) is 19.8 Å². The third kappa shape index (κ3) is 7.90. The highest BCUT2D eigenvalue weighted by molar-refractivity contribution is 5.88. The van der Waals surface area contributed by atoms with Gasteiger partial charge >= 0.3 is 11.9 Å². The second-order valence-electron chi connectivity index (χ2n) is 6.75. The van der Waals surface area contributed by atoms with E-state index in [9.17, 15) is 9.59 Å². The van der Waals surface area contributed by atoms with E-state index in [0.29, 0.717) is 55.9 Å². The summed E-state index contributed by atoms with van der Waals surface area (Å²) in [5.74, 6) is -0.379. The van der Waals surface area contributed by atoms with Crippen LogP contribution in [-0.2, 0) is 27.3 Å². The van der Waals surface area contributed by atoms with E-state index in [0.717, 1.165) is 0 Å². The van der Waals surface area contributed by atoms with Crippen LogP contribution in [-0.4, -0.2) is 68.9 Å². The number of esters is 2. The number of nitrogens with zero attached hydrogens (tertiary/aromatic N) is 6. The van der Waals surface area contributed by atoms with Gasteiger partial charge in [-0.25, -0.2) is 9.59 Å². The van der Waals surface area contributed by atoms with Crippen molar-refractivity contribution < 1.29 is 23.8 Å². The van der Waals surface area contributed by atoms with Gasteiger partial charge in [0.05, 0.1) is 44.3 Å². The van der Waals surface area contributed by atoms with Crippen molar-refractivity contribution >= 4 is 11.9 Å². The van der Waals surface area contributed by atoms with Crippen molar-refractivity contribution in [2.45, 2.75) is 54.6 Å². The van der Waals surface area contributed by atoms with E-state index >= 15 is 0 Å². The molecule has 0 spiro atoms. The zero-order valence-electron chi connectivity index (χ0n) is 18.8. The summed E-state index contributed by atoms with van der Waals surface area (Å²) in [5, 5.41) is 16.4. The fourth-order valence-corrected chi connectivity index (χ4v) is 2.32. The molecule has 0 radical (unpaired) electrons. The van der Waals surface area contributed by atoms with Gasteiger partial charge in [-0.3, -0.25) is 0 Å². The number of hydrogen-bond donors (Lipinski definition) is 0. The Balaban J connectivity index is 0.000000300. The Labute approximate surface area is 176 Å². The molecule has 0 amide bonds. The highest BCUT2D eigenvalue weighted by Crippen LogP contribution is 2.05. The first-order chi connectivity index (χ1) is 14.2. The first-order valence-electron chi connectivity index (χ1n) is 9.89. The van der Waals surface area contributed by atoms with E-state index < -0.39 is 11.9 Å². The standard InChI is InChI=1S/C10H17N3O2.C9H15N3O3/c1-5-15-10(14)9-8(4)11-13(12-9)6-7(2)3;1-4-15-9(13)8-7(2)10-12(11-8)5-6-14-3/h7H,5-6H2,1-4H3;4-6H2,1-3H3. The van der Waals surface area contributed by atoms with Gasteiger partial charge in [0.1, 0.15) is 0 Å². The van der Waals surface area contributed by atoms with Crippen LogP contribution in [0.2, 0.25) is 0 Å². The molecule has 0 N–H and O–H groups in total. The van der Waals surface area contributed by atoms with Crippen LogP contribution in [0, 0.1) is 19.8 Å². The van der Waals surface area contributed by atoms with Crippen molar-refractivity contribution in [3.63, 3.8) is 0 Å². The van der Waals surface area contributed by atoms with E-state index in [2.05, 4.69) is 34.2 Å². The van der Waals surface area contributed by atoms with Gasteiger partial charge in [0.15, 0.2) is 11.4 Å². The average Bonchev–Trinajstić information content (AvgIpc) is 3.22. The lowest BCUT2D eigenvalue weighted by Crippen LogP contribution is -2.10. The Bertz CT molecular complexity index is 814. The predicted molar refractivity (Wildman–Crippen MR) is 108 cm³/mol. The molecular weight excluding hydrogens is 392 g/mol. The molecule has 0 saturated heterocycles. The van der Waals surface area contributed by atoms with E-state index in [-0.39, 0.29) is 5.69 Å². The maximum absolute atomic E-state index is 11.4. The summed E-state index contributed by atoms with van der Waals surface area (Å²) in [6.45, 7) is 13.6. The summed E-state index contributed by atoms with van der Waals surface area (Å²) in [7, 11) is 1.60. The molecule has 0 aliphatic carbocycles. The first-order valence-corrected chi connectivity index (χ1v) is 9.89. The molecule has 11 heteroatoms. The predicted octanol–water partition coefficient (Wildman–Crippen LogP) is 1.83. The number of aromatic nitrogens is 6. The number of methoxy groups -OCH3 is 1. The van der Waals surface area contributed by atoms with Gasteiger partial charge in [-0.15, -0.1) is 10.2 Å². The lowest BCUT2D eigenvalue weighted by atomic mass is 10.2. The molecule has 30 heavy (non-hydrogen) atoms. The molecule has 2 heterocycles. The molecule has 0 aliphatic rings. The number of aryl methyl sites for hydroxylation is 2. The molecular formula is C19H32N6O5. The van der Waals surface area contributed by atoms with Crippen molar-refractivity contribution in [3.8, 4) is 0 Å². The summed E-state index contributed by atoms with van der Waals surface area (Å²) >= 11 is 0. The summed E-state index contributed by atoms with van der Waals surface area (Å²) in [6, 6.07) is 0. The van der Waals surface area contributed by atoms with Crippen molar-refractivity contribution in [1.29, 1.82) is 0 Å². The number of carbonyl (C=O) groups is 2. The molecule has 0 aliphatic heterocycles. The van der Waals surface area contributed by atoms with Crippen LogP contribution < -0.4 is 0 Å². The molecule has 0 bridgehead atoms. The molecule has 2 aromatic heterocycles. The minimum Gasteiger partial charge on any atom is -0.461 e. The molecule has 0 aromatic carbocycles. The van der Waals surface area contributed by atoms with Gasteiger partial charge in [0, 0.05) is 7.11 Å². The average molecular weight is 425 g/mol. The third-order valence-corrected chi connectivity index (χ3v) is 3.61. The molecule has 11 nitrogen and oxygen atoms in total. The molecule has 0 atom stereocenters. The maximum Gasteiger partial charge on any atom is 0.360 e. The van der Waals surface area contributed by atoms with E-state index in [4.69, 9.17) is 14.2 Å². The van der Waals surface area contributed by atoms with Gasteiger partial charge in [-0.05, 0) is 33.6 Å². The Kier molecular flexibility index (Phi) is 10.7. The second-order valence-corrected chi connectivity index (χ2v) is 6.75. The number of carbonyl (C=O) groups excluding carboxylic acids is 2. The molecule has 0 saturated carbocycles. The van der Waals surface area contributed by atoms with Crippen LogP contribution in [0.1, 0.15) is 60.1 Å².